The molecule has 0 radical (unpaired) electrons. The van der Waals surface area contributed by atoms with E-state index in [0.29, 0.717) is 12.0 Å². The Morgan fingerprint density at radius 2 is 2.29 bits per heavy atom. The summed E-state index contributed by atoms with van der Waals surface area (Å²) in [6.45, 7) is 10.3. The van der Waals surface area contributed by atoms with Crippen LogP contribution in [-0.2, 0) is 0 Å². The highest BCUT2D eigenvalue weighted by Gasteiger charge is 2.25. The fourth-order valence-electron chi connectivity index (χ4n) is 2.18. The molecule has 0 spiro atoms. The molecule has 1 fully saturated rings. The predicted octanol–water partition coefficient (Wildman–Crippen LogP) is 0.687. The first-order chi connectivity index (χ1) is 6.67. The third-order valence-corrected chi connectivity index (χ3v) is 3.21. The van der Waals surface area contributed by atoms with Gasteiger partial charge in [0.05, 0.1) is 6.61 Å². The van der Waals surface area contributed by atoms with E-state index >= 15 is 0 Å². The van der Waals surface area contributed by atoms with Gasteiger partial charge in [0.25, 0.3) is 0 Å². The van der Waals surface area contributed by atoms with Crippen molar-refractivity contribution >= 4 is 0 Å². The lowest BCUT2D eigenvalue weighted by molar-refractivity contribution is 0.136. The molecule has 1 saturated heterocycles. The zero-order chi connectivity index (χ0) is 10.6. The van der Waals surface area contributed by atoms with Crippen LogP contribution in [0.15, 0.2) is 0 Å². The highest BCUT2D eigenvalue weighted by Crippen LogP contribution is 2.16. The van der Waals surface area contributed by atoms with E-state index in [0.717, 1.165) is 6.54 Å². The number of hydrogen-bond acceptors (Lipinski definition) is 3. The number of hydrogen-bond donors (Lipinski definition) is 2. The fraction of sp³-hybridized carbons (Fsp3) is 1.00. The summed E-state index contributed by atoms with van der Waals surface area (Å²) < 4.78 is 0. The van der Waals surface area contributed by atoms with Crippen LogP contribution in [0.1, 0.15) is 27.2 Å². The first kappa shape index (κ1) is 12.0. The van der Waals surface area contributed by atoms with Gasteiger partial charge in [0.1, 0.15) is 0 Å². The molecule has 2 N–H and O–H groups in total. The average molecular weight is 200 g/mol. The SMILES string of the molecule is CCN1CCC(N[C@@H](C)CO)C(C)C1. The summed E-state index contributed by atoms with van der Waals surface area (Å²) >= 11 is 0. The lowest BCUT2D eigenvalue weighted by Crippen LogP contribution is -2.51. The molecule has 0 bridgehead atoms. The lowest BCUT2D eigenvalue weighted by atomic mass is 9.93. The van der Waals surface area contributed by atoms with Crippen molar-refractivity contribution in [1.29, 1.82) is 0 Å². The topological polar surface area (TPSA) is 35.5 Å². The van der Waals surface area contributed by atoms with Gasteiger partial charge in [0.2, 0.25) is 0 Å². The minimum atomic E-state index is 0.232. The molecule has 84 valence electrons. The van der Waals surface area contributed by atoms with Crippen molar-refractivity contribution in [1.82, 2.24) is 10.2 Å². The lowest BCUT2D eigenvalue weighted by Gasteiger charge is -2.38. The molecule has 3 heteroatoms. The van der Waals surface area contributed by atoms with Crippen LogP contribution in [0.2, 0.25) is 0 Å². The second-order valence-electron chi connectivity index (χ2n) is 4.52. The summed E-state index contributed by atoms with van der Waals surface area (Å²) in [4.78, 5) is 2.49. The Labute approximate surface area is 87.5 Å². The van der Waals surface area contributed by atoms with Gasteiger partial charge in [-0.15, -0.1) is 0 Å². The van der Waals surface area contributed by atoms with E-state index in [9.17, 15) is 0 Å². The van der Waals surface area contributed by atoms with Crippen LogP contribution < -0.4 is 5.32 Å². The number of aliphatic hydroxyl groups is 1. The fourth-order valence-corrected chi connectivity index (χ4v) is 2.18. The third kappa shape index (κ3) is 3.23. The summed E-state index contributed by atoms with van der Waals surface area (Å²) in [5, 5.41) is 12.5. The third-order valence-electron chi connectivity index (χ3n) is 3.21. The van der Waals surface area contributed by atoms with E-state index in [1.54, 1.807) is 0 Å². The molecule has 1 aliphatic heterocycles. The van der Waals surface area contributed by atoms with E-state index in [4.69, 9.17) is 5.11 Å². The van der Waals surface area contributed by atoms with E-state index in [1.807, 2.05) is 6.92 Å². The normalized spacial score (nSPS) is 31.7. The smallest absolute Gasteiger partial charge is 0.0582 e. The second-order valence-corrected chi connectivity index (χ2v) is 4.52. The standard InChI is InChI=1S/C11H24N2O/c1-4-13-6-5-11(9(2)7-13)12-10(3)8-14/h9-12,14H,4-8H2,1-3H3/t9?,10-,11?/m0/s1. The molecule has 2 unspecified atom stereocenters. The Balaban J connectivity index is 2.34. The minimum absolute atomic E-state index is 0.232. The number of nitrogens with zero attached hydrogens (tertiary/aromatic N) is 1. The van der Waals surface area contributed by atoms with Gasteiger partial charge in [-0.1, -0.05) is 13.8 Å². The molecule has 1 heterocycles. The Bertz CT molecular complexity index is 163. The van der Waals surface area contributed by atoms with Gasteiger partial charge in [-0.05, 0) is 32.4 Å². The molecule has 0 aromatic heterocycles. The molecule has 0 amide bonds. The van der Waals surface area contributed by atoms with Gasteiger partial charge in [0, 0.05) is 18.6 Å². The van der Waals surface area contributed by atoms with Gasteiger partial charge in [-0.3, -0.25) is 0 Å². The predicted molar refractivity (Wildman–Crippen MR) is 59.4 cm³/mol. The average Bonchev–Trinajstić information content (AvgIpc) is 2.20. The van der Waals surface area contributed by atoms with Crippen LogP contribution in [0.25, 0.3) is 0 Å². The summed E-state index contributed by atoms with van der Waals surface area (Å²) in [5.41, 5.74) is 0. The molecule has 14 heavy (non-hydrogen) atoms. The van der Waals surface area contributed by atoms with Crippen molar-refractivity contribution < 1.29 is 5.11 Å². The maximum Gasteiger partial charge on any atom is 0.0582 e. The molecule has 3 nitrogen and oxygen atoms in total. The zero-order valence-corrected chi connectivity index (χ0v) is 9.66. The summed E-state index contributed by atoms with van der Waals surface area (Å²) in [5.74, 6) is 0.692. The first-order valence-electron chi connectivity index (χ1n) is 5.76. The Hall–Kier alpha value is -0.120. The highest BCUT2D eigenvalue weighted by atomic mass is 16.3. The zero-order valence-electron chi connectivity index (χ0n) is 9.66. The number of rotatable bonds is 4. The van der Waals surface area contributed by atoms with Crippen LogP contribution >= 0.6 is 0 Å². The molecule has 0 aromatic rings. The van der Waals surface area contributed by atoms with Gasteiger partial charge in [-0.25, -0.2) is 0 Å². The van der Waals surface area contributed by atoms with Gasteiger partial charge in [0.15, 0.2) is 0 Å². The van der Waals surface area contributed by atoms with Crippen LogP contribution in [0.3, 0.4) is 0 Å². The van der Waals surface area contributed by atoms with Crippen LogP contribution in [0.4, 0.5) is 0 Å². The van der Waals surface area contributed by atoms with Crippen LogP contribution in [0.5, 0.6) is 0 Å². The summed E-state index contributed by atoms with van der Waals surface area (Å²) in [6.07, 6.45) is 1.21. The molecule has 0 saturated carbocycles. The quantitative estimate of drug-likeness (QED) is 0.701. The molecule has 1 rings (SSSR count). The number of nitrogens with one attached hydrogen (secondary N) is 1. The van der Waals surface area contributed by atoms with E-state index in [2.05, 4.69) is 24.1 Å². The Morgan fingerprint density at radius 3 is 2.79 bits per heavy atom. The minimum Gasteiger partial charge on any atom is -0.395 e. The highest BCUT2D eigenvalue weighted by molar-refractivity contribution is 4.83. The van der Waals surface area contributed by atoms with E-state index in [-0.39, 0.29) is 12.6 Å². The van der Waals surface area contributed by atoms with Gasteiger partial charge < -0.3 is 15.3 Å². The molecular weight excluding hydrogens is 176 g/mol. The van der Waals surface area contributed by atoms with Gasteiger partial charge >= 0.3 is 0 Å². The first-order valence-corrected chi connectivity index (χ1v) is 5.76. The molecule has 3 atom stereocenters. The van der Waals surface area contributed by atoms with Crippen LogP contribution in [-0.4, -0.2) is 48.3 Å². The Kier molecular flexibility index (Phi) is 4.85. The van der Waals surface area contributed by atoms with Crippen molar-refractivity contribution in [3.63, 3.8) is 0 Å². The van der Waals surface area contributed by atoms with E-state index < -0.39 is 0 Å². The molecule has 1 aliphatic rings. The van der Waals surface area contributed by atoms with Crippen LogP contribution in [0, 0.1) is 5.92 Å². The van der Waals surface area contributed by atoms with Crippen molar-refractivity contribution in [2.75, 3.05) is 26.2 Å². The summed E-state index contributed by atoms with van der Waals surface area (Å²) in [7, 11) is 0. The van der Waals surface area contributed by atoms with Crippen molar-refractivity contribution in [2.45, 2.75) is 39.3 Å². The maximum atomic E-state index is 8.98. The molecule has 0 aromatic carbocycles. The monoisotopic (exact) mass is 200 g/mol. The largest absolute Gasteiger partial charge is 0.395 e. The van der Waals surface area contributed by atoms with Crippen molar-refractivity contribution in [2.24, 2.45) is 5.92 Å². The maximum absolute atomic E-state index is 8.98. The number of likely N-dealkylation sites (tertiary alicyclic amines) is 1. The number of piperidine rings is 1. The second kappa shape index (κ2) is 5.69. The van der Waals surface area contributed by atoms with Crippen molar-refractivity contribution in [3.05, 3.63) is 0 Å². The molecular formula is C11H24N2O. The molecule has 0 aliphatic carbocycles. The van der Waals surface area contributed by atoms with Crippen molar-refractivity contribution in [3.8, 4) is 0 Å². The van der Waals surface area contributed by atoms with Gasteiger partial charge in [-0.2, -0.15) is 0 Å². The summed E-state index contributed by atoms with van der Waals surface area (Å²) in [6, 6.07) is 0.815. The number of aliphatic hydroxyl groups excluding tert-OH is 1. The van der Waals surface area contributed by atoms with E-state index in [1.165, 1.54) is 19.5 Å². The Morgan fingerprint density at radius 1 is 1.57 bits per heavy atom.